The first-order valence-corrected chi connectivity index (χ1v) is 8.41. The largest absolute Gasteiger partial charge is 0.476 e. The lowest BCUT2D eigenvalue weighted by atomic mass is 10.2. The molecule has 0 radical (unpaired) electrons. The van der Waals surface area contributed by atoms with E-state index in [1.54, 1.807) is 20.0 Å². The predicted molar refractivity (Wildman–Crippen MR) is 103 cm³/mol. The number of likely N-dealkylation sites (N-methyl/N-ethyl adjacent to an activating group) is 1. The monoisotopic (exact) mass is 378 g/mol. The zero-order valence-electron chi connectivity index (χ0n) is 15.3. The van der Waals surface area contributed by atoms with E-state index in [0.717, 1.165) is 5.69 Å². The Morgan fingerprint density at radius 1 is 1.14 bits per heavy atom. The maximum Gasteiger partial charge on any atom is 0.354 e. The molecule has 1 aromatic carbocycles. The molecule has 3 aromatic rings. The highest BCUT2D eigenvalue weighted by Crippen LogP contribution is 2.21. The van der Waals surface area contributed by atoms with E-state index in [1.165, 1.54) is 17.4 Å². The van der Waals surface area contributed by atoms with E-state index in [2.05, 4.69) is 25.3 Å². The van der Waals surface area contributed by atoms with Gasteiger partial charge in [0.25, 0.3) is 0 Å². The van der Waals surface area contributed by atoms with Gasteiger partial charge in [-0.1, -0.05) is 18.2 Å². The Balaban J connectivity index is 1.86. The molecular formula is C19H18N6O3. The van der Waals surface area contributed by atoms with Crippen LogP contribution in [0.1, 0.15) is 16.1 Å². The Morgan fingerprint density at radius 3 is 2.54 bits per heavy atom. The Morgan fingerprint density at radius 2 is 1.89 bits per heavy atom. The molecule has 2 heterocycles. The molecule has 0 atom stereocenters. The number of carbonyl (C=O) groups excluding carboxylic acids is 1. The number of para-hydroxylation sites is 1. The lowest BCUT2D eigenvalue weighted by Crippen LogP contribution is -2.32. The Labute approximate surface area is 161 Å². The van der Waals surface area contributed by atoms with Crippen molar-refractivity contribution in [1.29, 1.82) is 0 Å². The molecule has 0 fully saturated rings. The summed E-state index contributed by atoms with van der Waals surface area (Å²) in [4.78, 5) is 41.9. The molecule has 28 heavy (non-hydrogen) atoms. The number of anilines is 2. The molecule has 0 bridgehead atoms. The third-order valence-corrected chi connectivity index (χ3v) is 4.08. The van der Waals surface area contributed by atoms with Crippen molar-refractivity contribution >= 4 is 23.4 Å². The van der Waals surface area contributed by atoms with Crippen molar-refractivity contribution in [2.75, 3.05) is 23.8 Å². The number of carboxylic acids is 1. The zero-order valence-corrected chi connectivity index (χ0v) is 15.3. The molecule has 0 aliphatic carbocycles. The summed E-state index contributed by atoms with van der Waals surface area (Å²) < 4.78 is 0. The van der Waals surface area contributed by atoms with Crippen molar-refractivity contribution in [3.05, 3.63) is 60.2 Å². The van der Waals surface area contributed by atoms with Gasteiger partial charge in [0.15, 0.2) is 11.5 Å². The smallest absolute Gasteiger partial charge is 0.354 e. The van der Waals surface area contributed by atoms with Gasteiger partial charge in [-0.3, -0.25) is 4.79 Å². The van der Waals surface area contributed by atoms with Gasteiger partial charge in [-0.05, 0) is 25.1 Å². The molecule has 0 saturated carbocycles. The molecule has 0 aliphatic rings. The van der Waals surface area contributed by atoms with Gasteiger partial charge in [-0.25, -0.2) is 24.7 Å². The van der Waals surface area contributed by atoms with Crippen molar-refractivity contribution in [1.82, 2.24) is 19.9 Å². The van der Waals surface area contributed by atoms with E-state index in [-0.39, 0.29) is 29.8 Å². The van der Waals surface area contributed by atoms with Gasteiger partial charge < -0.3 is 15.3 Å². The standard InChI is InChI=1S/C19H18N6O3/c1-12-16(19(27)28)23-18(14-8-9-20-11-22-14)24-17(12)21-10-15(26)25(2)13-6-4-3-5-7-13/h3-9,11H,10H2,1-2H3,(H,27,28)(H,21,23,24). The average Bonchev–Trinajstić information content (AvgIpc) is 2.73. The van der Waals surface area contributed by atoms with Crippen LogP contribution in [0, 0.1) is 6.92 Å². The predicted octanol–water partition coefficient (Wildman–Crippen LogP) is 2.02. The number of aromatic nitrogens is 4. The number of nitrogens with zero attached hydrogens (tertiary/aromatic N) is 5. The molecule has 0 spiro atoms. The maximum absolute atomic E-state index is 12.5. The molecule has 9 nitrogen and oxygen atoms in total. The molecule has 9 heteroatoms. The van der Waals surface area contributed by atoms with Crippen LogP contribution in [0.5, 0.6) is 0 Å². The van der Waals surface area contributed by atoms with Gasteiger partial charge >= 0.3 is 5.97 Å². The summed E-state index contributed by atoms with van der Waals surface area (Å²) in [5.74, 6) is -0.997. The fourth-order valence-electron chi connectivity index (χ4n) is 2.51. The maximum atomic E-state index is 12.5. The van der Waals surface area contributed by atoms with Gasteiger partial charge in [-0.15, -0.1) is 0 Å². The third kappa shape index (κ3) is 4.09. The lowest BCUT2D eigenvalue weighted by Gasteiger charge is -2.18. The van der Waals surface area contributed by atoms with Crippen LogP contribution in [-0.2, 0) is 4.79 Å². The molecule has 2 aromatic heterocycles. The summed E-state index contributed by atoms with van der Waals surface area (Å²) in [6.07, 6.45) is 2.84. The van der Waals surface area contributed by atoms with Crippen molar-refractivity contribution < 1.29 is 14.7 Å². The number of benzene rings is 1. The molecule has 1 amide bonds. The van der Waals surface area contributed by atoms with E-state index in [4.69, 9.17) is 0 Å². The number of nitrogens with one attached hydrogen (secondary N) is 1. The highest BCUT2D eigenvalue weighted by atomic mass is 16.4. The Kier molecular flexibility index (Phi) is 5.54. The van der Waals surface area contributed by atoms with E-state index in [9.17, 15) is 14.7 Å². The second-order valence-corrected chi connectivity index (χ2v) is 5.91. The van der Waals surface area contributed by atoms with E-state index in [1.807, 2.05) is 30.3 Å². The van der Waals surface area contributed by atoms with Crippen LogP contribution in [0.4, 0.5) is 11.5 Å². The first kappa shape index (κ1) is 18.9. The van der Waals surface area contributed by atoms with Crippen molar-refractivity contribution in [2.45, 2.75) is 6.92 Å². The van der Waals surface area contributed by atoms with Crippen LogP contribution in [-0.4, -0.2) is 50.5 Å². The van der Waals surface area contributed by atoms with Crippen LogP contribution < -0.4 is 10.2 Å². The fraction of sp³-hybridized carbons (Fsp3) is 0.158. The number of carboxylic acid groups (broad SMARTS) is 1. The highest BCUT2D eigenvalue weighted by molar-refractivity contribution is 5.96. The van der Waals surface area contributed by atoms with Crippen LogP contribution in [0.25, 0.3) is 11.5 Å². The van der Waals surface area contributed by atoms with Gasteiger partial charge in [0.1, 0.15) is 17.8 Å². The highest BCUT2D eigenvalue weighted by Gasteiger charge is 2.19. The number of amides is 1. The number of hydrogen-bond acceptors (Lipinski definition) is 7. The zero-order chi connectivity index (χ0) is 20.1. The quantitative estimate of drug-likeness (QED) is 0.668. The summed E-state index contributed by atoms with van der Waals surface area (Å²) >= 11 is 0. The van der Waals surface area contributed by atoms with Crippen molar-refractivity contribution in [2.24, 2.45) is 0 Å². The first-order valence-electron chi connectivity index (χ1n) is 8.41. The summed E-state index contributed by atoms with van der Waals surface area (Å²) in [6.45, 7) is 1.52. The van der Waals surface area contributed by atoms with Crippen molar-refractivity contribution in [3.63, 3.8) is 0 Å². The first-order chi connectivity index (χ1) is 13.5. The molecule has 3 rings (SSSR count). The number of carbonyl (C=O) groups is 2. The van der Waals surface area contributed by atoms with Gasteiger partial charge in [0, 0.05) is 24.5 Å². The normalized spacial score (nSPS) is 10.4. The second kappa shape index (κ2) is 8.21. The van der Waals surface area contributed by atoms with Crippen LogP contribution in [0.3, 0.4) is 0 Å². The topological polar surface area (TPSA) is 121 Å². The van der Waals surface area contributed by atoms with E-state index >= 15 is 0 Å². The van der Waals surface area contributed by atoms with Crippen LogP contribution >= 0.6 is 0 Å². The van der Waals surface area contributed by atoms with Crippen LogP contribution in [0.15, 0.2) is 48.9 Å². The minimum atomic E-state index is -1.19. The SMILES string of the molecule is Cc1c(NCC(=O)N(C)c2ccccc2)nc(-c2ccncn2)nc1C(=O)O. The molecule has 2 N–H and O–H groups in total. The molecule has 0 unspecified atom stereocenters. The average molecular weight is 378 g/mol. The van der Waals surface area contributed by atoms with Crippen LogP contribution in [0.2, 0.25) is 0 Å². The Hall–Kier alpha value is -3.88. The second-order valence-electron chi connectivity index (χ2n) is 5.91. The minimum absolute atomic E-state index is 0.0640. The summed E-state index contributed by atoms with van der Waals surface area (Å²) in [6, 6.07) is 10.8. The molecule has 0 aliphatic heterocycles. The fourth-order valence-corrected chi connectivity index (χ4v) is 2.51. The lowest BCUT2D eigenvalue weighted by molar-refractivity contribution is -0.116. The summed E-state index contributed by atoms with van der Waals surface area (Å²) in [7, 11) is 1.67. The number of rotatable bonds is 6. The minimum Gasteiger partial charge on any atom is -0.476 e. The molecule has 0 saturated heterocycles. The Bertz CT molecular complexity index is 995. The van der Waals surface area contributed by atoms with Gasteiger partial charge in [-0.2, -0.15) is 0 Å². The molecule has 142 valence electrons. The van der Waals surface area contributed by atoms with E-state index < -0.39 is 5.97 Å². The van der Waals surface area contributed by atoms with E-state index in [0.29, 0.717) is 11.3 Å². The number of hydrogen-bond donors (Lipinski definition) is 2. The molecular weight excluding hydrogens is 360 g/mol. The number of aromatic carboxylic acids is 1. The summed E-state index contributed by atoms with van der Waals surface area (Å²) in [5, 5.41) is 12.4. The van der Waals surface area contributed by atoms with Crippen molar-refractivity contribution in [3.8, 4) is 11.5 Å². The third-order valence-electron chi connectivity index (χ3n) is 4.08. The summed E-state index contributed by atoms with van der Waals surface area (Å²) in [5.41, 5.74) is 1.31. The van der Waals surface area contributed by atoms with Gasteiger partial charge in [0.05, 0.1) is 6.54 Å². The van der Waals surface area contributed by atoms with Gasteiger partial charge in [0.2, 0.25) is 5.91 Å².